The van der Waals surface area contributed by atoms with E-state index < -0.39 is 0 Å². The maximum Gasteiger partial charge on any atom is 0.0458 e. The molecule has 0 heterocycles. The number of halogens is 2. The Bertz CT molecular complexity index is 436. The Hall–Kier alpha value is -0.240. The van der Waals surface area contributed by atoms with E-state index in [1.807, 2.05) is 12.1 Å². The van der Waals surface area contributed by atoms with Crippen molar-refractivity contribution in [3.63, 3.8) is 0 Å². The molecule has 0 aromatic heterocycles. The van der Waals surface area contributed by atoms with E-state index in [9.17, 15) is 0 Å². The largest absolute Gasteiger partial charge is 0.316 e. The summed E-state index contributed by atoms with van der Waals surface area (Å²) in [5, 5.41) is 5.03. The molecule has 0 amide bonds. The maximum atomic E-state index is 6.42. The summed E-state index contributed by atoms with van der Waals surface area (Å²) in [5.74, 6) is 1.56. The van der Waals surface area contributed by atoms with Gasteiger partial charge in [-0.2, -0.15) is 0 Å². The van der Waals surface area contributed by atoms with Gasteiger partial charge in [0.25, 0.3) is 0 Å². The van der Waals surface area contributed by atoms with Crippen LogP contribution in [0.4, 0.5) is 0 Å². The predicted molar refractivity (Wildman–Crippen MR) is 84.2 cm³/mol. The molecule has 1 saturated carbocycles. The molecule has 1 fully saturated rings. The van der Waals surface area contributed by atoms with Crippen LogP contribution in [-0.4, -0.2) is 13.1 Å². The van der Waals surface area contributed by atoms with E-state index in [0.29, 0.717) is 5.02 Å². The van der Waals surface area contributed by atoms with E-state index >= 15 is 0 Å². The van der Waals surface area contributed by atoms with E-state index in [1.165, 1.54) is 18.4 Å². The second-order valence-corrected chi connectivity index (χ2v) is 6.94. The minimum atomic E-state index is 0.201. The summed E-state index contributed by atoms with van der Waals surface area (Å²) in [4.78, 5) is 0. The summed E-state index contributed by atoms with van der Waals surface area (Å²) in [7, 11) is 0. The molecule has 0 radical (unpaired) electrons. The molecular formula is C16H23Cl2N. The fourth-order valence-corrected chi connectivity index (χ4v) is 3.77. The number of benzene rings is 1. The highest BCUT2D eigenvalue weighted by molar-refractivity contribution is 6.35. The molecule has 1 N–H and O–H groups in total. The van der Waals surface area contributed by atoms with Crippen LogP contribution < -0.4 is 5.32 Å². The van der Waals surface area contributed by atoms with E-state index in [1.54, 1.807) is 0 Å². The zero-order chi connectivity index (χ0) is 14.0. The third-order valence-corrected chi connectivity index (χ3v) is 5.01. The van der Waals surface area contributed by atoms with Crippen molar-refractivity contribution in [2.24, 2.45) is 11.8 Å². The highest BCUT2D eigenvalue weighted by Gasteiger charge is 2.46. The molecule has 0 spiro atoms. The SMILES string of the molecule is CCNCC1(c2ccc(Cl)cc2Cl)CC(C(C)C)C1. The van der Waals surface area contributed by atoms with Crippen LogP contribution in [0.5, 0.6) is 0 Å². The van der Waals surface area contributed by atoms with Crippen LogP contribution in [0, 0.1) is 11.8 Å². The first-order valence-corrected chi connectivity index (χ1v) is 7.90. The Morgan fingerprint density at radius 2 is 2.00 bits per heavy atom. The first-order chi connectivity index (χ1) is 8.98. The molecule has 106 valence electrons. The Balaban J connectivity index is 2.24. The van der Waals surface area contributed by atoms with Crippen LogP contribution in [0.2, 0.25) is 10.0 Å². The Morgan fingerprint density at radius 1 is 1.32 bits per heavy atom. The summed E-state index contributed by atoms with van der Waals surface area (Å²) >= 11 is 12.4. The van der Waals surface area contributed by atoms with Crippen LogP contribution in [0.3, 0.4) is 0 Å². The van der Waals surface area contributed by atoms with Gasteiger partial charge in [0.15, 0.2) is 0 Å². The molecule has 1 aromatic rings. The number of hydrogen-bond donors (Lipinski definition) is 1. The highest BCUT2D eigenvalue weighted by Crippen LogP contribution is 2.52. The molecule has 2 rings (SSSR count). The topological polar surface area (TPSA) is 12.0 Å². The molecule has 3 heteroatoms. The molecule has 0 saturated heterocycles. The molecule has 1 aliphatic carbocycles. The molecular weight excluding hydrogens is 277 g/mol. The highest BCUT2D eigenvalue weighted by atomic mass is 35.5. The van der Waals surface area contributed by atoms with Crippen molar-refractivity contribution in [3.8, 4) is 0 Å². The van der Waals surface area contributed by atoms with Crippen molar-refractivity contribution in [1.82, 2.24) is 5.32 Å². The van der Waals surface area contributed by atoms with Gasteiger partial charge in [0.2, 0.25) is 0 Å². The normalized spacial score (nSPS) is 26.5. The smallest absolute Gasteiger partial charge is 0.0458 e. The summed E-state index contributed by atoms with van der Waals surface area (Å²) in [5.41, 5.74) is 1.46. The number of nitrogens with one attached hydrogen (secondary N) is 1. The van der Waals surface area contributed by atoms with Crippen molar-refractivity contribution in [2.75, 3.05) is 13.1 Å². The van der Waals surface area contributed by atoms with E-state index in [0.717, 1.165) is 29.9 Å². The lowest BCUT2D eigenvalue weighted by Gasteiger charge is -2.50. The van der Waals surface area contributed by atoms with Gasteiger partial charge in [-0.3, -0.25) is 0 Å². The van der Waals surface area contributed by atoms with Crippen molar-refractivity contribution in [1.29, 1.82) is 0 Å². The third kappa shape index (κ3) is 3.09. The molecule has 1 aromatic carbocycles. The predicted octanol–water partition coefficient (Wildman–Crippen LogP) is 4.91. The molecule has 1 nitrogen and oxygen atoms in total. The Morgan fingerprint density at radius 3 is 2.53 bits per heavy atom. The molecule has 0 unspecified atom stereocenters. The van der Waals surface area contributed by atoms with Gasteiger partial charge in [-0.05, 0) is 48.9 Å². The average molecular weight is 300 g/mol. The quantitative estimate of drug-likeness (QED) is 0.815. The molecule has 0 atom stereocenters. The first-order valence-electron chi connectivity index (χ1n) is 7.15. The van der Waals surface area contributed by atoms with Crippen LogP contribution in [0.25, 0.3) is 0 Å². The van der Waals surface area contributed by atoms with Crippen molar-refractivity contribution < 1.29 is 0 Å². The minimum Gasteiger partial charge on any atom is -0.316 e. The van der Waals surface area contributed by atoms with Crippen LogP contribution >= 0.6 is 23.2 Å². The standard InChI is InChI=1S/C16H23Cl2N/c1-4-19-10-16(8-12(9-16)11(2)3)14-6-5-13(17)7-15(14)18/h5-7,11-12,19H,4,8-10H2,1-3H3. The lowest BCUT2D eigenvalue weighted by molar-refractivity contribution is 0.0983. The van der Waals surface area contributed by atoms with Gasteiger partial charge >= 0.3 is 0 Å². The van der Waals surface area contributed by atoms with Crippen LogP contribution in [-0.2, 0) is 5.41 Å². The minimum absolute atomic E-state index is 0.201. The Labute approximate surface area is 126 Å². The summed E-state index contributed by atoms with van der Waals surface area (Å²) in [6.07, 6.45) is 2.44. The lowest BCUT2D eigenvalue weighted by atomic mass is 9.56. The van der Waals surface area contributed by atoms with Crippen LogP contribution in [0.1, 0.15) is 39.2 Å². The third-order valence-electron chi connectivity index (χ3n) is 4.46. The Kier molecular flexibility index (Phi) is 4.81. The first kappa shape index (κ1) is 15.2. The van der Waals surface area contributed by atoms with Gasteiger partial charge in [-0.1, -0.05) is 50.0 Å². The molecule has 1 aliphatic rings. The lowest BCUT2D eigenvalue weighted by Crippen LogP contribution is -2.50. The second kappa shape index (κ2) is 6.03. The summed E-state index contributed by atoms with van der Waals surface area (Å²) in [6, 6.07) is 5.94. The van der Waals surface area contributed by atoms with Gasteiger partial charge in [0.1, 0.15) is 0 Å². The van der Waals surface area contributed by atoms with E-state index in [4.69, 9.17) is 23.2 Å². The van der Waals surface area contributed by atoms with E-state index in [2.05, 4.69) is 32.2 Å². The monoisotopic (exact) mass is 299 g/mol. The molecule has 0 bridgehead atoms. The van der Waals surface area contributed by atoms with Crippen molar-refractivity contribution >= 4 is 23.2 Å². The zero-order valence-electron chi connectivity index (χ0n) is 12.0. The zero-order valence-corrected chi connectivity index (χ0v) is 13.5. The maximum absolute atomic E-state index is 6.42. The fourth-order valence-electron chi connectivity index (χ4n) is 3.16. The van der Waals surface area contributed by atoms with E-state index in [-0.39, 0.29) is 5.41 Å². The summed E-state index contributed by atoms with van der Waals surface area (Å²) < 4.78 is 0. The number of hydrogen-bond acceptors (Lipinski definition) is 1. The number of likely N-dealkylation sites (N-methyl/N-ethyl adjacent to an activating group) is 1. The second-order valence-electron chi connectivity index (χ2n) is 6.10. The van der Waals surface area contributed by atoms with Gasteiger partial charge in [-0.15, -0.1) is 0 Å². The van der Waals surface area contributed by atoms with Crippen molar-refractivity contribution in [3.05, 3.63) is 33.8 Å². The van der Waals surface area contributed by atoms with Gasteiger partial charge in [0, 0.05) is 22.0 Å². The van der Waals surface area contributed by atoms with Crippen molar-refractivity contribution in [2.45, 2.75) is 39.0 Å². The molecule has 19 heavy (non-hydrogen) atoms. The van der Waals surface area contributed by atoms with Gasteiger partial charge in [0.05, 0.1) is 0 Å². The number of rotatable bonds is 5. The van der Waals surface area contributed by atoms with Crippen LogP contribution in [0.15, 0.2) is 18.2 Å². The van der Waals surface area contributed by atoms with Gasteiger partial charge in [-0.25, -0.2) is 0 Å². The molecule has 0 aliphatic heterocycles. The van der Waals surface area contributed by atoms with Gasteiger partial charge < -0.3 is 5.32 Å². The summed E-state index contributed by atoms with van der Waals surface area (Å²) in [6.45, 7) is 8.78. The fraction of sp³-hybridized carbons (Fsp3) is 0.625. The average Bonchev–Trinajstić information content (AvgIpc) is 2.29.